The Morgan fingerprint density at radius 3 is 2.75 bits per heavy atom. The normalized spacial score (nSPS) is 11.4. The lowest BCUT2D eigenvalue weighted by Gasteiger charge is -2.13. The molecule has 24 heavy (non-hydrogen) atoms. The number of ether oxygens (including phenoxy) is 1. The minimum absolute atomic E-state index is 0.00409. The van der Waals surface area contributed by atoms with E-state index >= 15 is 0 Å². The second kappa shape index (κ2) is 8.69. The van der Waals surface area contributed by atoms with Crippen LogP contribution in [0.25, 0.3) is 0 Å². The predicted octanol–water partition coefficient (Wildman–Crippen LogP) is 3.25. The molecule has 2 aromatic rings. The number of aliphatic hydroxyl groups is 1. The molecule has 2 rings (SSSR count). The van der Waals surface area contributed by atoms with Crippen molar-refractivity contribution in [3.63, 3.8) is 0 Å². The van der Waals surface area contributed by atoms with Gasteiger partial charge < -0.3 is 20.5 Å². The third kappa shape index (κ3) is 5.40. The molecule has 5 nitrogen and oxygen atoms in total. The van der Waals surface area contributed by atoms with Gasteiger partial charge in [0.2, 0.25) is 0 Å². The van der Waals surface area contributed by atoms with Crippen molar-refractivity contribution in [2.75, 3.05) is 18.5 Å². The Kier molecular flexibility index (Phi) is 6.33. The summed E-state index contributed by atoms with van der Waals surface area (Å²) in [5.74, 6) is 0.231. The summed E-state index contributed by atoms with van der Waals surface area (Å²) in [5, 5.41) is 15.2. The number of carbonyl (C=O) groups is 1. The Balaban J connectivity index is 1.84. The summed E-state index contributed by atoms with van der Waals surface area (Å²) in [6, 6.07) is 11.9. The van der Waals surface area contributed by atoms with Gasteiger partial charge in [-0.15, -0.1) is 0 Å². The number of benzene rings is 2. The van der Waals surface area contributed by atoms with E-state index in [1.165, 1.54) is 24.3 Å². The Morgan fingerprint density at radius 1 is 1.29 bits per heavy atom. The van der Waals surface area contributed by atoms with Crippen LogP contribution in [-0.4, -0.2) is 24.3 Å². The van der Waals surface area contributed by atoms with Crippen LogP contribution < -0.4 is 15.4 Å². The molecule has 1 atom stereocenters. The predicted molar refractivity (Wildman–Crippen MR) is 90.5 cm³/mol. The summed E-state index contributed by atoms with van der Waals surface area (Å²) in [6.45, 7) is 3.95. The van der Waals surface area contributed by atoms with Crippen LogP contribution in [0.1, 0.15) is 11.7 Å². The first-order chi connectivity index (χ1) is 11.6. The van der Waals surface area contributed by atoms with Crippen molar-refractivity contribution >= 4 is 11.7 Å². The molecule has 0 aliphatic heterocycles. The number of hydrogen-bond donors (Lipinski definition) is 3. The van der Waals surface area contributed by atoms with E-state index in [4.69, 9.17) is 4.74 Å². The molecule has 0 radical (unpaired) electrons. The van der Waals surface area contributed by atoms with Crippen LogP contribution in [0.2, 0.25) is 0 Å². The Morgan fingerprint density at radius 2 is 2.04 bits per heavy atom. The molecule has 2 aromatic carbocycles. The van der Waals surface area contributed by atoms with Gasteiger partial charge in [-0.3, -0.25) is 0 Å². The Hall–Kier alpha value is -2.86. The maximum Gasteiger partial charge on any atom is 0.319 e. The molecule has 0 fully saturated rings. The first-order valence-electron chi connectivity index (χ1n) is 7.40. The molecule has 0 saturated carbocycles. The number of halogens is 1. The number of carbonyl (C=O) groups excluding carboxylic acids is 1. The van der Waals surface area contributed by atoms with Gasteiger partial charge in [-0.2, -0.15) is 0 Å². The van der Waals surface area contributed by atoms with Crippen molar-refractivity contribution in [1.82, 2.24) is 5.32 Å². The quantitative estimate of drug-likeness (QED) is 0.683. The van der Waals surface area contributed by atoms with Crippen molar-refractivity contribution in [2.45, 2.75) is 6.10 Å². The lowest BCUT2D eigenvalue weighted by Crippen LogP contribution is -2.32. The summed E-state index contributed by atoms with van der Waals surface area (Å²) in [7, 11) is 0. The molecule has 2 amide bonds. The highest BCUT2D eigenvalue weighted by atomic mass is 19.1. The average molecular weight is 330 g/mol. The lowest BCUT2D eigenvalue weighted by atomic mass is 10.1. The summed E-state index contributed by atoms with van der Waals surface area (Å²) in [5.41, 5.74) is 1.09. The van der Waals surface area contributed by atoms with Crippen LogP contribution in [0.4, 0.5) is 14.9 Å². The smallest absolute Gasteiger partial charge is 0.319 e. The van der Waals surface area contributed by atoms with E-state index < -0.39 is 12.1 Å². The third-order valence-corrected chi connectivity index (χ3v) is 3.17. The topological polar surface area (TPSA) is 70.6 Å². The SMILES string of the molecule is C=CCOc1cccc(NC(=O)NCC(O)c2ccc(F)cc2)c1. The second-order valence-corrected chi connectivity index (χ2v) is 5.03. The summed E-state index contributed by atoms with van der Waals surface area (Å²) in [4.78, 5) is 11.9. The molecule has 0 heterocycles. The highest BCUT2D eigenvalue weighted by Crippen LogP contribution is 2.17. The Bertz CT molecular complexity index is 689. The van der Waals surface area contributed by atoms with E-state index in [-0.39, 0.29) is 12.4 Å². The van der Waals surface area contributed by atoms with Gasteiger partial charge >= 0.3 is 6.03 Å². The molecule has 0 spiro atoms. The fourth-order valence-corrected chi connectivity index (χ4v) is 1.99. The zero-order chi connectivity index (χ0) is 17.4. The number of rotatable bonds is 7. The van der Waals surface area contributed by atoms with E-state index in [0.717, 1.165) is 0 Å². The average Bonchev–Trinajstić information content (AvgIpc) is 2.59. The first kappa shape index (κ1) is 17.5. The van der Waals surface area contributed by atoms with E-state index in [1.54, 1.807) is 30.3 Å². The third-order valence-electron chi connectivity index (χ3n) is 3.17. The summed E-state index contributed by atoms with van der Waals surface area (Å²) >= 11 is 0. The zero-order valence-electron chi connectivity index (χ0n) is 13.0. The molecule has 3 N–H and O–H groups in total. The van der Waals surface area contributed by atoms with Gasteiger partial charge in [0.1, 0.15) is 18.2 Å². The fraction of sp³-hybridized carbons (Fsp3) is 0.167. The molecular formula is C18H19FN2O3. The molecule has 1 unspecified atom stereocenters. The summed E-state index contributed by atoms with van der Waals surface area (Å²) in [6.07, 6.45) is 0.711. The van der Waals surface area contributed by atoms with Crippen molar-refractivity contribution in [1.29, 1.82) is 0 Å². The van der Waals surface area contributed by atoms with Gasteiger partial charge in [-0.25, -0.2) is 9.18 Å². The van der Waals surface area contributed by atoms with Crippen LogP contribution in [0.15, 0.2) is 61.2 Å². The number of amides is 2. The van der Waals surface area contributed by atoms with E-state index in [1.807, 2.05) is 0 Å². The number of anilines is 1. The van der Waals surface area contributed by atoms with E-state index in [0.29, 0.717) is 23.6 Å². The highest BCUT2D eigenvalue weighted by Gasteiger charge is 2.10. The monoisotopic (exact) mass is 330 g/mol. The van der Waals surface area contributed by atoms with Gasteiger partial charge in [-0.05, 0) is 29.8 Å². The minimum atomic E-state index is -0.918. The van der Waals surface area contributed by atoms with Crippen molar-refractivity contribution in [3.8, 4) is 5.75 Å². The molecule has 0 aliphatic rings. The number of urea groups is 1. The molecule has 0 aliphatic carbocycles. The first-order valence-corrected chi connectivity index (χ1v) is 7.40. The van der Waals surface area contributed by atoms with Crippen LogP contribution in [0.5, 0.6) is 5.75 Å². The van der Waals surface area contributed by atoms with Gasteiger partial charge in [0, 0.05) is 18.3 Å². The van der Waals surface area contributed by atoms with Crippen molar-refractivity contribution in [2.24, 2.45) is 0 Å². The molecular weight excluding hydrogens is 311 g/mol. The van der Waals surface area contributed by atoms with Crippen molar-refractivity contribution < 1.29 is 19.0 Å². The largest absolute Gasteiger partial charge is 0.489 e. The van der Waals surface area contributed by atoms with E-state index in [9.17, 15) is 14.3 Å². The zero-order valence-corrected chi connectivity index (χ0v) is 13.0. The molecule has 126 valence electrons. The second-order valence-electron chi connectivity index (χ2n) is 5.03. The minimum Gasteiger partial charge on any atom is -0.489 e. The standard InChI is InChI=1S/C18H19FN2O3/c1-2-10-24-16-5-3-4-15(11-16)21-18(23)20-12-17(22)13-6-8-14(19)9-7-13/h2-9,11,17,22H,1,10,12H2,(H2,20,21,23). The van der Waals surface area contributed by atoms with E-state index in [2.05, 4.69) is 17.2 Å². The maximum atomic E-state index is 12.8. The van der Waals surface area contributed by atoms with Gasteiger partial charge in [0.05, 0.1) is 6.10 Å². The molecule has 0 bridgehead atoms. The number of hydrogen-bond acceptors (Lipinski definition) is 3. The fourth-order valence-electron chi connectivity index (χ4n) is 1.99. The van der Waals surface area contributed by atoms with Gasteiger partial charge in [0.15, 0.2) is 0 Å². The summed E-state index contributed by atoms with van der Waals surface area (Å²) < 4.78 is 18.2. The van der Waals surface area contributed by atoms with Crippen LogP contribution in [0, 0.1) is 5.82 Å². The van der Waals surface area contributed by atoms with Crippen LogP contribution in [0.3, 0.4) is 0 Å². The highest BCUT2D eigenvalue weighted by molar-refractivity contribution is 5.89. The van der Waals surface area contributed by atoms with Gasteiger partial charge in [-0.1, -0.05) is 30.9 Å². The molecule has 0 aromatic heterocycles. The lowest BCUT2D eigenvalue weighted by molar-refractivity contribution is 0.175. The van der Waals surface area contributed by atoms with Crippen LogP contribution in [-0.2, 0) is 0 Å². The van der Waals surface area contributed by atoms with Crippen molar-refractivity contribution in [3.05, 3.63) is 72.6 Å². The molecule has 6 heteroatoms. The van der Waals surface area contributed by atoms with Crippen LogP contribution >= 0.6 is 0 Å². The number of aliphatic hydroxyl groups excluding tert-OH is 1. The van der Waals surface area contributed by atoms with Gasteiger partial charge in [0.25, 0.3) is 0 Å². The molecule has 0 saturated heterocycles. The maximum absolute atomic E-state index is 12.8. The number of nitrogens with one attached hydrogen (secondary N) is 2. The Labute approximate surface area is 139 Å².